The van der Waals surface area contributed by atoms with Crippen molar-refractivity contribution < 1.29 is 9.59 Å². The Labute approximate surface area is 187 Å². The average molecular weight is 433 g/mol. The molecule has 31 heavy (non-hydrogen) atoms. The van der Waals surface area contributed by atoms with Crippen molar-refractivity contribution in [3.05, 3.63) is 59.2 Å². The van der Waals surface area contributed by atoms with Gasteiger partial charge in [0.1, 0.15) is 5.78 Å². The quantitative estimate of drug-likeness (QED) is 0.520. The van der Waals surface area contributed by atoms with E-state index in [4.69, 9.17) is 4.98 Å². The zero-order chi connectivity index (χ0) is 21.5. The number of amides is 1. The number of fused-ring (bicyclic) bond motifs is 3. The Morgan fingerprint density at radius 1 is 1.10 bits per heavy atom. The minimum absolute atomic E-state index is 0.0697. The summed E-state index contributed by atoms with van der Waals surface area (Å²) in [6.07, 6.45) is 4.39. The third-order valence-corrected chi connectivity index (χ3v) is 7.92. The van der Waals surface area contributed by atoms with E-state index >= 15 is 0 Å². The third-order valence-electron chi connectivity index (χ3n) is 6.90. The second kappa shape index (κ2) is 8.19. The number of aromatic nitrogens is 1. The number of hydrogen-bond acceptors (Lipinski definition) is 4. The van der Waals surface area contributed by atoms with Crippen molar-refractivity contribution >= 4 is 38.4 Å². The Balaban J connectivity index is 1.51. The molecule has 2 aliphatic rings. The molecule has 2 bridgehead atoms. The highest BCUT2D eigenvalue weighted by Crippen LogP contribution is 2.42. The highest BCUT2D eigenvalue weighted by Gasteiger charge is 2.42. The molecule has 2 aliphatic carbocycles. The predicted molar refractivity (Wildman–Crippen MR) is 125 cm³/mol. The van der Waals surface area contributed by atoms with E-state index in [0.717, 1.165) is 45.7 Å². The molecule has 3 aromatic rings. The van der Waals surface area contributed by atoms with E-state index < -0.39 is 0 Å². The normalized spacial score (nSPS) is 23.2. The van der Waals surface area contributed by atoms with Gasteiger partial charge in [0.15, 0.2) is 5.13 Å². The molecule has 2 unspecified atom stereocenters. The average Bonchev–Trinajstić information content (AvgIpc) is 3.16. The summed E-state index contributed by atoms with van der Waals surface area (Å²) in [7, 11) is 0. The number of hydrogen-bond donors (Lipinski definition) is 0. The summed E-state index contributed by atoms with van der Waals surface area (Å²) in [5.41, 5.74) is 4.42. The standard InChI is InChI=1S/C26H28N2O2S/c1-16-11-17(2)23-22(12-16)31-26(27-23)28(15-18-7-4-3-5-8-18)25(30)21-13-19-9-6-10-20(14-21)24(19)29/h3-5,7-8,11-12,19-21H,6,9-10,13-15H2,1-2H3. The van der Waals surface area contributed by atoms with Gasteiger partial charge in [0.2, 0.25) is 5.91 Å². The highest BCUT2D eigenvalue weighted by atomic mass is 32.1. The molecular weight excluding hydrogens is 404 g/mol. The van der Waals surface area contributed by atoms with Gasteiger partial charge in [0, 0.05) is 17.8 Å². The van der Waals surface area contributed by atoms with Crippen molar-refractivity contribution in [1.29, 1.82) is 0 Å². The van der Waals surface area contributed by atoms with Crippen LogP contribution < -0.4 is 4.90 Å². The second-order valence-corrected chi connectivity index (χ2v) is 10.2. The van der Waals surface area contributed by atoms with E-state index in [1.165, 1.54) is 5.56 Å². The van der Waals surface area contributed by atoms with Crippen LogP contribution in [-0.4, -0.2) is 16.7 Å². The van der Waals surface area contributed by atoms with Gasteiger partial charge in [-0.3, -0.25) is 14.5 Å². The Hall–Kier alpha value is -2.53. The molecule has 0 saturated heterocycles. The number of benzene rings is 2. The van der Waals surface area contributed by atoms with Crippen LogP contribution in [0.5, 0.6) is 0 Å². The molecule has 2 aromatic carbocycles. The van der Waals surface area contributed by atoms with Crippen LogP contribution in [0.1, 0.15) is 48.8 Å². The molecule has 5 heteroatoms. The minimum Gasteiger partial charge on any atom is -0.299 e. The van der Waals surface area contributed by atoms with Gasteiger partial charge in [-0.15, -0.1) is 0 Å². The molecule has 1 amide bonds. The van der Waals surface area contributed by atoms with Crippen LogP contribution in [0.3, 0.4) is 0 Å². The van der Waals surface area contributed by atoms with Crippen molar-refractivity contribution in [3.8, 4) is 0 Å². The number of anilines is 1. The van der Waals surface area contributed by atoms with E-state index in [-0.39, 0.29) is 23.7 Å². The van der Waals surface area contributed by atoms with E-state index in [2.05, 4.69) is 38.1 Å². The molecule has 2 atom stereocenters. The van der Waals surface area contributed by atoms with Crippen molar-refractivity contribution in [3.63, 3.8) is 0 Å². The lowest BCUT2D eigenvalue weighted by atomic mass is 9.67. The summed E-state index contributed by atoms with van der Waals surface area (Å²) in [5.74, 6) is 0.574. The lowest BCUT2D eigenvalue weighted by molar-refractivity contribution is -0.136. The topological polar surface area (TPSA) is 50.3 Å². The van der Waals surface area contributed by atoms with Crippen LogP contribution in [0.15, 0.2) is 42.5 Å². The van der Waals surface area contributed by atoms with Gasteiger partial charge in [-0.1, -0.05) is 54.2 Å². The van der Waals surface area contributed by atoms with Crippen molar-refractivity contribution in [1.82, 2.24) is 4.98 Å². The summed E-state index contributed by atoms with van der Waals surface area (Å²) < 4.78 is 1.12. The Morgan fingerprint density at radius 3 is 2.52 bits per heavy atom. The van der Waals surface area contributed by atoms with Crippen LogP contribution in [0.4, 0.5) is 5.13 Å². The van der Waals surface area contributed by atoms with Crippen LogP contribution in [0.25, 0.3) is 10.2 Å². The Kier molecular flexibility index (Phi) is 5.39. The fourth-order valence-electron chi connectivity index (χ4n) is 5.38. The first-order valence-corrected chi connectivity index (χ1v) is 12.1. The van der Waals surface area contributed by atoms with Crippen LogP contribution in [0, 0.1) is 31.6 Å². The van der Waals surface area contributed by atoms with E-state index in [0.29, 0.717) is 25.2 Å². The number of carbonyl (C=O) groups excluding carboxylic acids is 2. The predicted octanol–water partition coefficient (Wildman–Crippen LogP) is 5.84. The van der Waals surface area contributed by atoms with Gasteiger partial charge in [-0.05, 0) is 62.3 Å². The number of nitrogens with zero attached hydrogens (tertiary/aromatic N) is 2. The smallest absolute Gasteiger partial charge is 0.232 e. The van der Waals surface area contributed by atoms with E-state index in [1.54, 1.807) is 11.3 Å². The van der Waals surface area contributed by atoms with Gasteiger partial charge in [0.05, 0.1) is 16.8 Å². The first kappa shape index (κ1) is 20.4. The van der Waals surface area contributed by atoms with E-state index in [9.17, 15) is 9.59 Å². The van der Waals surface area contributed by atoms with Crippen LogP contribution in [0.2, 0.25) is 0 Å². The van der Waals surface area contributed by atoms with Crippen LogP contribution in [-0.2, 0) is 16.1 Å². The fraction of sp³-hybridized carbons (Fsp3) is 0.423. The molecule has 4 nitrogen and oxygen atoms in total. The maximum atomic E-state index is 13.9. The monoisotopic (exact) mass is 432 g/mol. The summed E-state index contributed by atoms with van der Waals surface area (Å²) in [6.45, 7) is 4.68. The molecule has 5 rings (SSSR count). The van der Waals surface area contributed by atoms with Gasteiger partial charge in [0.25, 0.3) is 0 Å². The molecule has 2 fully saturated rings. The summed E-state index contributed by atoms with van der Waals surface area (Å²) in [4.78, 5) is 33.2. The Bertz CT molecular complexity index is 1120. The van der Waals surface area contributed by atoms with Gasteiger partial charge < -0.3 is 0 Å². The summed E-state index contributed by atoms with van der Waals surface area (Å²) in [5, 5.41) is 0.764. The largest absolute Gasteiger partial charge is 0.299 e. The first-order chi connectivity index (χ1) is 15.0. The number of ketones is 1. The minimum atomic E-state index is -0.0912. The molecule has 0 spiro atoms. The maximum absolute atomic E-state index is 13.9. The van der Waals surface area contributed by atoms with E-state index in [1.807, 2.05) is 23.1 Å². The fourth-order valence-corrected chi connectivity index (χ4v) is 6.53. The number of rotatable bonds is 4. The zero-order valence-corrected chi connectivity index (χ0v) is 19.0. The highest BCUT2D eigenvalue weighted by molar-refractivity contribution is 7.22. The molecule has 0 aliphatic heterocycles. The third kappa shape index (κ3) is 3.91. The molecule has 160 valence electrons. The van der Waals surface area contributed by atoms with Crippen molar-refractivity contribution in [2.45, 2.75) is 52.5 Å². The first-order valence-electron chi connectivity index (χ1n) is 11.3. The van der Waals surface area contributed by atoms with Gasteiger partial charge in [-0.2, -0.15) is 0 Å². The van der Waals surface area contributed by atoms with Gasteiger partial charge >= 0.3 is 0 Å². The number of thiazole rings is 1. The maximum Gasteiger partial charge on any atom is 0.232 e. The number of carbonyl (C=O) groups is 2. The molecular formula is C26H28N2O2S. The molecule has 1 aromatic heterocycles. The van der Waals surface area contributed by atoms with Crippen LogP contribution >= 0.6 is 11.3 Å². The summed E-state index contributed by atoms with van der Waals surface area (Å²) in [6, 6.07) is 14.4. The molecule has 1 heterocycles. The molecule has 0 radical (unpaired) electrons. The Morgan fingerprint density at radius 2 is 1.81 bits per heavy atom. The zero-order valence-electron chi connectivity index (χ0n) is 18.1. The lowest BCUT2D eigenvalue weighted by Crippen LogP contribution is -2.44. The summed E-state index contributed by atoms with van der Waals surface area (Å²) >= 11 is 1.59. The number of aryl methyl sites for hydroxylation is 2. The second-order valence-electron chi connectivity index (χ2n) is 9.23. The van der Waals surface area contributed by atoms with Crippen molar-refractivity contribution in [2.75, 3.05) is 4.90 Å². The SMILES string of the molecule is Cc1cc(C)c2nc(N(Cc3ccccc3)C(=O)C3CC4CCCC(C3)C4=O)sc2c1. The molecule has 2 saturated carbocycles. The molecule has 0 N–H and O–H groups in total. The van der Waals surface area contributed by atoms with Gasteiger partial charge in [-0.25, -0.2) is 4.98 Å². The van der Waals surface area contributed by atoms with Crippen molar-refractivity contribution in [2.24, 2.45) is 17.8 Å². The lowest BCUT2D eigenvalue weighted by Gasteiger charge is -2.38. The number of Topliss-reactive ketones (excluding diaryl/α,β-unsaturated/α-hetero) is 1.